The lowest BCUT2D eigenvalue weighted by molar-refractivity contribution is 0.0465. The minimum absolute atomic E-state index is 0.132. The van der Waals surface area contributed by atoms with E-state index in [2.05, 4.69) is 13.8 Å². The molecule has 5 heteroatoms. The summed E-state index contributed by atoms with van der Waals surface area (Å²) in [5.74, 6) is -0.577. The largest absolute Gasteiger partial charge is 0.453 e. The zero-order valence-electron chi connectivity index (χ0n) is 15.0. The van der Waals surface area contributed by atoms with Crippen LogP contribution in [0.15, 0.2) is 36.5 Å². The number of carbonyl (C=O) groups excluding carboxylic acids is 3. The number of rotatable bonds is 7. The molecule has 0 aliphatic carbocycles. The summed E-state index contributed by atoms with van der Waals surface area (Å²) >= 11 is 0. The third kappa shape index (κ3) is 4.44. The topological polar surface area (TPSA) is 65.4 Å². The summed E-state index contributed by atoms with van der Waals surface area (Å²) in [6.07, 6.45) is 2.60. The van der Waals surface area contributed by atoms with Crippen molar-refractivity contribution in [2.45, 2.75) is 33.1 Å². The molecule has 0 unspecified atom stereocenters. The van der Waals surface area contributed by atoms with Gasteiger partial charge >= 0.3 is 5.97 Å². The third-order valence-electron chi connectivity index (χ3n) is 4.37. The van der Waals surface area contributed by atoms with Crippen molar-refractivity contribution in [2.75, 3.05) is 6.61 Å². The molecule has 0 saturated heterocycles. The van der Waals surface area contributed by atoms with Crippen molar-refractivity contribution in [1.29, 1.82) is 0 Å². The molecule has 5 nitrogen and oxygen atoms in total. The first-order chi connectivity index (χ1) is 11.8. The van der Waals surface area contributed by atoms with Crippen LogP contribution in [-0.2, 0) is 11.8 Å². The highest BCUT2D eigenvalue weighted by Gasteiger charge is 2.17. The minimum atomic E-state index is -0.625. The smallest absolute Gasteiger partial charge is 0.355 e. The Morgan fingerprint density at radius 1 is 1.12 bits per heavy atom. The number of nitrogens with zero attached hydrogens (tertiary/aromatic N) is 1. The number of carbonyl (C=O) groups is 3. The van der Waals surface area contributed by atoms with E-state index in [1.54, 1.807) is 25.4 Å². The van der Waals surface area contributed by atoms with Crippen molar-refractivity contribution in [2.24, 2.45) is 7.05 Å². The Bertz CT molecular complexity index is 787. The minimum Gasteiger partial charge on any atom is -0.453 e. The van der Waals surface area contributed by atoms with Gasteiger partial charge in [-0.15, -0.1) is 0 Å². The highest BCUT2D eigenvalue weighted by Crippen LogP contribution is 2.19. The van der Waals surface area contributed by atoms with Gasteiger partial charge in [0.15, 0.2) is 18.2 Å². The van der Waals surface area contributed by atoms with Crippen molar-refractivity contribution in [3.8, 4) is 0 Å². The quantitative estimate of drug-likeness (QED) is 0.568. The monoisotopic (exact) mass is 341 g/mol. The molecule has 0 saturated carbocycles. The highest BCUT2D eigenvalue weighted by atomic mass is 16.5. The second-order valence-corrected chi connectivity index (χ2v) is 6.21. The third-order valence-corrected chi connectivity index (χ3v) is 4.37. The Hall–Kier alpha value is -2.69. The molecule has 1 aromatic carbocycles. The Morgan fingerprint density at radius 2 is 1.76 bits per heavy atom. The van der Waals surface area contributed by atoms with Gasteiger partial charge in [0.2, 0.25) is 0 Å². The zero-order valence-corrected chi connectivity index (χ0v) is 15.0. The maximum absolute atomic E-state index is 12.2. The van der Waals surface area contributed by atoms with E-state index in [9.17, 15) is 14.4 Å². The number of hydrogen-bond acceptors (Lipinski definition) is 4. The van der Waals surface area contributed by atoms with Crippen LogP contribution in [0.2, 0.25) is 0 Å². The highest BCUT2D eigenvalue weighted by molar-refractivity contribution is 6.00. The molecule has 25 heavy (non-hydrogen) atoms. The number of benzene rings is 1. The van der Waals surface area contributed by atoms with Crippen LogP contribution in [0.3, 0.4) is 0 Å². The first-order valence-electron chi connectivity index (χ1n) is 8.31. The Labute approximate surface area is 147 Å². The molecule has 1 atom stereocenters. The molecule has 2 rings (SSSR count). The predicted octanol–water partition coefficient (Wildman–Crippen LogP) is 3.78. The first-order valence-corrected chi connectivity index (χ1v) is 8.31. The fourth-order valence-electron chi connectivity index (χ4n) is 2.48. The number of aryl methyl sites for hydroxylation is 1. The molecular formula is C20H23NO4. The molecule has 0 radical (unpaired) electrons. The van der Waals surface area contributed by atoms with Crippen LogP contribution in [0.4, 0.5) is 0 Å². The molecule has 0 spiro atoms. The Morgan fingerprint density at radius 3 is 2.28 bits per heavy atom. The summed E-state index contributed by atoms with van der Waals surface area (Å²) in [5.41, 5.74) is 2.36. The van der Waals surface area contributed by atoms with Crippen molar-refractivity contribution in [3.63, 3.8) is 0 Å². The summed E-state index contributed by atoms with van der Waals surface area (Å²) in [5, 5.41) is 0. The lowest BCUT2D eigenvalue weighted by Crippen LogP contribution is -2.16. The second-order valence-electron chi connectivity index (χ2n) is 6.21. The fourth-order valence-corrected chi connectivity index (χ4v) is 2.48. The van der Waals surface area contributed by atoms with E-state index in [1.165, 1.54) is 23.1 Å². The molecule has 0 N–H and O–H groups in total. The van der Waals surface area contributed by atoms with E-state index >= 15 is 0 Å². The molecule has 1 heterocycles. The van der Waals surface area contributed by atoms with E-state index in [0.29, 0.717) is 17.0 Å². The molecule has 2 aromatic rings. The van der Waals surface area contributed by atoms with Crippen LogP contribution in [0.5, 0.6) is 0 Å². The number of Topliss-reactive ketones (excluding diaryl/α,β-unsaturated/α-hetero) is 2. The van der Waals surface area contributed by atoms with Crippen molar-refractivity contribution in [3.05, 3.63) is 58.9 Å². The van der Waals surface area contributed by atoms with Crippen LogP contribution < -0.4 is 0 Å². The van der Waals surface area contributed by atoms with E-state index in [4.69, 9.17) is 4.74 Å². The SMILES string of the molecule is CC[C@H](C)c1ccc(C(=O)COC(=O)c2cc(C(C)=O)cn2C)cc1. The van der Waals surface area contributed by atoms with Gasteiger partial charge in [0.05, 0.1) is 0 Å². The Kier molecular flexibility index (Phi) is 5.91. The average molecular weight is 341 g/mol. The Balaban J connectivity index is 1.99. The molecular weight excluding hydrogens is 318 g/mol. The van der Waals surface area contributed by atoms with Crippen LogP contribution >= 0.6 is 0 Å². The van der Waals surface area contributed by atoms with Gasteiger partial charge in [-0.2, -0.15) is 0 Å². The summed E-state index contributed by atoms with van der Waals surface area (Å²) in [6.45, 7) is 5.34. The van der Waals surface area contributed by atoms with Gasteiger partial charge in [-0.05, 0) is 30.9 Å². The number of hydrogen-bond donors (Lipinski definition) is 0. The number of aromatic nitrogens is 1. The molecule has 1 aromatic heterocycles. The number of ether oxygens (including phenoxy) is 1. The van der Waals surface area contributed by atoms with Gasteiger partial charge in [0.1, 0.15) is 5.69 Å². The van der Waals surface area contributed by atoms with Gasteiger partial charge in [-0.3, -0.25) is 9.59 Å². The molecule has 0 fully saturated rings. The maximum atomic E-state index is 12.2. The standard InChI is InChI=1S/C20H23NO4/c1-5-13(2)15-6-8-16(9-7-15)19(23)12-25-20(24)18-10-17(14(3)22)11-21(18)4/h6-11,13H,5,12H2,1-4H3/t13-/m0/s1. The van der Waals surface area contributed by atoms with Crippen LogP contribution in [0, 0.1) is 0 Å². The first kappa shape index (κ1) is 18.6. The second kappa shape index (κ2) is 7.92. The zero-order chi connectivity index (χ0) is 18.6. The van der Waals surface area contributed by atoms with Crippen LogP contribution in [-0.4, -0.2) is 28.7 Å². The lowest BCUT2D eigenvalue weighted by atomic mass is 9.97. The van der Waals surface area contributed by atoms with Crippen molar-refractivity contribution in [1.82, 2.24) is 4.57 Å². The van der Waals surface area contributed by atoms with Gasteiger partial charge in [0, 0.05) is 24.4 Å². The summed E-state index contributed by atoms with van der Waals surface area (Å²) < 4.78 is 6.61. The number of esters is 1. The van der Waals surface area contributed by atoms with Crippen LogP contribution in [0.25, 0.3) is 0 Å². The maximum Gasteiger partial charge on any atom is 0.355 e. The van der Waals surface area contributed by atoms with E-state index in [-0.39, 0.29) is 23.9 Å². The fraction of sp³-hybridized carbons (Fsp3) is 0.350. The summed E-state index contributed by atoms with van der Waals surface area (Å²) in [4.78, 5) is 35.7. The van der Waals surface area contributed by atoms with E-state index < -0.39 is 5.97 Å². The van der Waals surface area contributed by atoms with E-state index in [1.807, 2.05) is 12.1 Å². The van der Waals surface area contributed by atoms with Gasteiger partial charge in [-0.1, -0.05) is 38.1 Å². The van der Waals surface area contributed by atoms with E-state index in [0.717, 1.165) is 6.42 Å². The number of ketones is 2. The predicted molar refractivity (Wildman–Crippen MR) is 95.2 cm³/mol. The van der Waals surface area contributed by atoms with Crippen molar-refractivity contribution >= 4 is 17.5 Å². The summed E-state index contributed by atoms with van der Waals surface area (Å²) in [7, 11) is 1.65. The normalized spacial score (nSPS) is 11.8. The molecule has 0 aliphatic rings. The van der Waals surface area contributed by atoms with Crippen molar-refractivity contribution < 1.29 is 19.1 Å². The van der Waals surface area contributed by atoms with Crippen LogP contribution in [0.1, 0.15) is 69.9 Å². The lowest BCUT2D eigenvalue weighted by Gasteiger charge is -2.09. The molecule has 0 bridgehead atoms. The summed E-state index contributed by atoms with van der Waals surface area (Å²) in [6, 6.07) is 8.84. The molecule has 0 amide bonds. The average Bonchev–Trinajstić information content (AvgIpc) is 3.01. The molecule has 132 valence electrons. The van der Waals surface area contributed by atoms with Gasteiger partial charge < -0.3 is 9.30 Å². The molecule has 0 aliphatic heterocycles. The van der Waals surface area contributed by atoms with Gasteiger partial charge in [-0.25, -0.2) is 4.79 Å². The van der Waals surface area contributed by atoms with Gasteiger partial charge in [0.25, 0.3) is 0 Å².